The molecule has 1 aromatic rings. The highest BCUT2D eigenvalue weighted by atomic mass is 16.5. The van der Waals surface area contributed by atoms with E-state index in [0.717, 1.165) is 12.0 Å². The molecular weight excluding hydrogens is 300 g/mol. The highest BCUT2D eigenvalue weighted by Crippen LogP contribution is 2.14. The van der Waals surface area contributed by atoms with Gasteiger partial charge >= 0.3 is 5.97 Å². The topological polar surface area (TPSA) is 43.4 Å². The number of aryl methyl sites for hydroxylation is 1. The molecule has 0 aliphatic carbocycles. The number of Topliss-reactive ketones (excluding diaryl/α,β-unsaturated/α-hetero) is 1. The van der Waals surface area contributed by atoms with Crippen LogP contribution in [0.15, 0.2) is 29.8 Å². The van der Waals surface area contributed by atoms with Gasteiger partial charge < -0.3 is 4.74 Å². The van der Waals surface area contributed by atoms with Gasteiger partial charge in [-0.2, -0.15) is 0 Å². The first-order valence-electron chi connectivity index (χ1n) is 9.07. The Kier molecular flexibility index (Phi) is 9.74. The van der Waals surface area contributed by atoms with Gasteiger partial charge in [0.15, 0.2) is 5.78 Å². The lowest BCUT2D eigenvalue weighted by Gasteiger charge is -2.05. The Morgan fingerprint density at radius 2 is 1.58 bits per heavy atom. The molecule has 1 aromatic carbocycles. The second kappa shape index (κ2) is 11.6. The number of carbonyl (C=O) groups excluding carboxylic acids is 2. The number of carbonyl (C=O) groups is 2. The number of unbranched alkanes of at least 4 members (excludes halogenated alkanes) is 5. The third kappa shape index (κ3) is 7.58. The summed E-state index contributed by atoms with van der Waals surface area (Å²) in [6.07, 6.45) is 10.4. The average Bonchev–Trinajstić information content (AvgIpc) is 2.57. The maximum atomic E-state index is 11.8. The van der Waals surface area contributed by atoms with Gasteiger partial charge in [0.05, 0.1) is 6.61 Å². The SMILES string of the molecule is CCCCCCCCc1ccc(C=C(C(C)=O)C(=O)OCC)cc1. The summed E-state index contributed by atoms with van der Waals surface area (Å²) in [6, 6.07) is 8.05. The van der Waals surface area contributed by atoms with Gasteiger partial charge in [-0.25, -0.2) is 4.79 Å². The summed E-state index contributed by atoms with van der Waals surface area (Å²) < 4.78 is 4.93. The van der Waals surface area contributed by atoms with E-state index in [1.54, 1.807) is 13.0 Å². The van der Waals surface area contributed by atoms with Crippen molar-refractivity contribution in [1.29, 1.82) is 0 Å². The Morgan fingerprint density at radius 3 is 2.17 bits per heavy atom. The normalized spacial score (nSPS) is 11.4. The zero-order chi connectivity index (χ0) is 17.8. The molecule has 0 N–H and O–H groups in total. The molecule has 0 saturated heterocycles. The molecule has 0 radical (unpaired) electrons. The molecule has 0 fully saturated rings. The Morgan fingerprint density at radius 1 is 0.958 bits per heavy atom. The van der Waals surface area contributed by atoms with E-state index in [0.29, 0.717) is 0 Å². The molecule has 0 aliphatic rings. The van der Waals surface area contributed by atoms with E-state index in [-0.39, 0.29) is 18.0 Å². The third-order valence-electron chi connectivity index (χ3n) is 3.98. The fraction of sp³-hybridized carbons (Fsp3) is 0.524. The maximum Gasteiger partial charge on any atom is 0.341 e. The average molecular weight is 330 g/mol. The van der Waals surface area contributed by atoms with Gasteiger partial charge in [-0.05, 0) is 43.9 Å². The van der Waals surface area contributed by atoms with E-state index in [2.05, 4.69) is 19.1 Å². The number of hydrogen-bond donors (Lipinski definition) is 0. The summed E-state index contributed by atoms with van der Waals surface area (Å²) in [4.78, 5) is 23.4. The van der Waals surface area contributed by atoms with Crippen molar-refractivity contribution >= 4 is 17.8 Å². The van der Waals surface area contributed by atoms with Crippen molar-refractivity contribution in [3.8, 4) is 0 Å². The second-order valence-corrected chi connectivity index (χ2v) is 6.09. The zero-order valence-corrected chi connectivity index (χ0v) is 15.3. The van der Waals surface area contributed by atoms with Crippen LogP contribution in [-0.2, 0) is 20.7 Å². The Labute approximate surface area is 146 Å². The molecular formula is C21H30O3. The lowest BCUT2D eigenvalue weighted by Crippen LogP contribution is -2.13. The maximum absolute atomic E-state index is 11.8. The van der Waals surface area contributed by atoms with Crippen LogP contribution in [0.4, 0.5) is 0 Å². The molecule has 0 atom stereocenters. The van der Waals surface area contributed by atoms with E-state index < -0.39 is 5.97 Å². The van der Waals surface area contributed by atoms with Gasteiger partial charge in [0.1, 0.15) is 5.57 Å². The predicted molar refractivity (Wildman–Crippen MR) is 98.8 cm³/mol. The first-order chi connectivity index (χ1) is 11.6. The Bertz CT molecular complexity index is 541. The van der Waals surface area contributed by atoms with Crippen molar-refractivity contribution in [3.63, 3.8) is 0 Å². The lowest BCUT2D eigenvalue weighted by molar-refractivity contribution is -0.139. The fourth-order valence-electron chi connectivity index (χ4n) is 2.57. The summed E-state index contributed by atoms with van der Waals surface area (Å²) in [5, 5.41) is 0. The summed E-state index contributed by atoms with van der Waals surface area (Å²) in [5.74, 6) is -0.828. The highest BCUT2D eigenvalue weighted by molar-refractivity contribution is 6.19. The van der Waals surface area contributed by atoms with E-state index in [9.17, 15) is 9.59 Å². The molecule has 0 bridgehead atoms. The molecule has 1 rings (SSSR count). The molecule has 3 nitrogen and oxygen atoms in total. The van der Waals surface area contributed by atoms with Gasteiger partial charge in [-0.15, -0.1) is 0 Å². The van der Waals surface area contributed by atoms with Gasteiger partial charge in [-0.3, -0.25) is 4.79 Å². The minimum atomic E-state index is -0.554. The highest BCUT2D eigenvalue weighted by Gasteiger charge is 2.15. The van der Waals surface area contributed by atoms with E-state index >= 15 is 0 Å². The van der Waals surface area contributed by atoms with Crippen LogP contribution in [0.25, 0.3) is 6.08 Å². The zero-order valence-electron chi connectivity index (χ0n) is 15.3. The summed E-state index contributed by atoms with van der Waals surface area (Å²) in [7, 11) is 0. The van der Waals surface area contributed by atoms with Crippen LogP contribution >= 0.6 is 0 Å². The van der Waals surface area contributed by atoms with Crippen molar-refractivity contribution in [1.82, 2.24) is 0 Å². The molecule has 24 heavy (non-hydrogen) atoms. The van der Waals surface area contributed by atoms with Crippen molar-refractivity contribution < 1.29 is 14.3 Å². The molecule has 0 aromatic heterocycles. The van der Waals surface area contributed by atoms with Gasteiger partial charge in [0, 0.05) is 0 Å². The number of ketones is 1. The van der Waals surface area contributed by atoms with Crippen molar-refractivity contribution in [2.75, 3.05) is 6.61 Å². The molecule has 132 valence electrons. The monoisotopic (exact) mass is 330 g/mol. The van der Waals surface area contributed by atoms with Crippen molar-refractivity contribution in [2.45, 2.75) is 65.7 Å². The third-order valence-corrected chi connectivity index (χ3v) is 3.98. The van der Waals surface area contributed by atoms with E-state index in [1.165, 1.54) is 51.0 Å². The van der Waals surface area contributed by atoms with Gasteiger partial charge in [0.2, 0.25) is 0 Å². The fourth-order valence-corrected chi connectivity index (χ4v) is 2.57. The molecule has 3 heteroatoms. The van der Waals surface area contributed by atoms with Crippen LogP contribution in [0.3, 0.4) is 0 Å². The van der Waals surface area contributed by atoms with Crippen LogP contribution in [0.2, 0.25) is 0 Å². The largest absolute Gasteiger partial charge is 0.462 e. The summed E-state index contributed by atoms with van der Waals surface area (Å²) in [6.45, 7) is 5.61. The molecule has 0 spiro atoms. The first kappa shape index (κ1) is 20.1. The van der Waals surface area contributed by atoms with Crippen LogP contribution in [0.5, 0.6) is 0 Å². The van der Waals surface area contributed by atoms with Crippen LogP contribution in [-0.4, -0.2) is 18.4 Å². The predicted octanol–water partition coefficient (Wildman–Crippen LogP) is 5.13. The minimum absolute atomic E-state index is 0.0977. The standard InChI is InChI=1S/C21H30O3/c1-4-6-7-8-9-10-11-18-12-14-19(15-13-18)16-20(17(3)22)21(23)24-5-2/h12-16H,4-11H2,1-3H3. The number of rotatable bonds is 11. The number of hydrogen-bond acceptors (Lipinski definition) is 3. The second-order valence-electron chi connectivity index (χ2n) is 6.09. The van der Waals surface area contributed by atoms with Crippen molar-refractivity contribution in [3.05, 3.63) is 41.0 Å². The minimum Gasteiger partial charge on any atom is -0.462 e. The quantitative estimate of drug-likeness (QED) is 0.186. The number of benzene rings is 1. The number of ether oxygens (including phenoxy) is 1. The Balaban J connectivity index is 2.57. The molecule has 0 saturated carbocycles. The van der Waals surface area contributed by atoms with Gasteiger partial charge in [0.25, 0.3) is 0 Å². The first-order valence-corrected chi connectivity index (χ1v) is 9.07. The smallest absolute Gasteiger partial charge is 0.341 e. The van der Waals surface area contributed by atoms with Gasteiger partial charge in [-0.1, -0.05) is 63.3 Å². The molecule has 0 amide bonds. The van der Waals surface area contributed by atoms with Crippen LogP contribution in [0.1, 0.15) is 70.4 Å². The Hall–Kier alpha value is -1.90. The summed E-state index contributed by atoms with van der Waals surface area (Å²) in [5.41, 5.74) is 2.24. The molecule has 0 unspecified atom stereocenters. The number of esters is 1. The van der Waals surface area contributed by atoms with Crippen LogP contribution in [0, 0.1) is 0 Å². The van der Waals surface area contributed by atoms with Crippen LogP contribution < -0.4 is 0 Å². The summed E-state index contributed by atoms with van der Waals surface area (Å²) >= 11 is 0. The molecule has 0 aliphatic heterocycles. The lowest BCUT2D eigenvalue weighted by atomic mass is 10.0. The van der Waals surface area contributed by atoms with Crippen molar-refractivity contribution in [2.24, 2.45) is 0 Å². The van der Waals surface area contributed by atoms with E-state index in [4.69, 9.17) is 4.74 Å². The molecule has 0 heterocycles. The van der Waals surface area contributed by atoms with E-state index in [1.807, 2.05) is 12.1 Å².